The molecule has 3 aromatic rings. The summed E-state index contributed by atoms with van der Waals surface area (Å²) in [6.07, 6.45) is 3.41. The van der Waals surface area contributed by atoms with Crippen LogP contribution in [0.2, 0.25) is 0 Å². The first-order valence-corrected chi connectivity index (χ1v) is 9.43. The lowest BCUT2D eigenvalue weighted by atomic mass is 10.1. The van der Waals surface area contributed by atoms with Gasteiger partial charge in [0.15, 0.2) is 6.79 Å². The van der Waals surface area contributed by atoms with E-state index in [1.807, 2.05) is 0 Å². The van der Waals surface area contributed by atoms with Crippen molar-refractivity contribution in [2.24, 2.45) is 0 Å². The normalized spacial score (nSPS) is 13.0. The first-order valence-electron chi connectivity index (χ1n) is 8.44. The van der Waals surface area contributed by atoms with Crippen molar-refractivity contribution in [1.29, 1.82) is 0 Å². The summed E-state index contributed by atoms with van der Waals surface area (Å²) < 4.78 is 31.1. The van der Waals surface area contributed by atoms with E-state index in [1.165, 1.54) is 23.9 Å². The van der Waals surface area contributed by atoms with Gasteiger partial charge in [-0.3, -0.25) is 0 Å². The molecule has 4 rings (SSSR count). The van der Waals surface area contributed by atoms with Gasteiger partial charge in [0, 0.05) is 23.1 Å². The van der Waals surface area contributed by atoms with Crippen molar-refractivity contribution >= 4 is 11.8 Å². The molecule has 0 radical (unpaired) electrons. The largest absolute Gasteiger partial charge is 0.467 e. The van der Waals surface area contributed by atoms with Crippen LogP contribution in [0.15, 0.2) is 57.4 Å². The lowest BCUT2D eigenvalue weighted by molar-refractivity contribution is -0.0173. The quantitative estimate of drug-likeness (QED) is 0.463. The van der Waals surface area contributed by atoms with Crippen molar-refractivity contribution in [3.05, 3.63) is 70.6 Å². The molecule has 0 N–H and O–H groups in total. The van der Waals surface area contributed by atoms with Crippen molar-refractivity contribution in [3.63, 3.8) is 0 Å². The van der Waals surface area contributed by atoms with Gasteiger partial charge in [-0.2, -0.15) is 4.68 Å². The van der Waals surface area contributed by atoms with Gasteiger partial charge >= 0.3 is 5.76 Å². The number of rotatable bonds is 6. The van der Waals surface area contributed by atoms with Crippen molar-refractivity contribution in [2.75, 3.05) is 12.5 Å². The molecule has 0 unspecified atom stereocenters. The van der Waals surface area contributed by atoms with Gasteiger partial charge in [0.25, 0.3) is 5.89 Å². The van der Waals surface area contributed by atoms with E-state index in [9.17, 15) is 9.18 Å². The Morgan fingerprint density at radius 1 is 1.39 bits per heavy atom. The number of thioether (sulfide) groups is 1. The fraction of sp³-hybridized carbons (Fsp3) is 0.211. The Hall–Kier alpha value is -2.91. The predicted octanol–water partition coefficient (Wildman–Crippen LogP) is 3.23. The highest BCUT2D eigenvalue weighted by atomic mass is 32.2. The first kappa shape index (κ1) is 18.5. The van der Waals surface area contributed by atoms with E-state index in [4.69, 9.17) is 13.9 Å². The maximum Gasteiger partial charge on any atom is 0.437 e. The van der Waals surface area contributed by atoms with Crippen LogP contribution in [-0.2, 0) is 17.9 Å². The van der Waals surface area contributed by atoms with Crippen LogP contribution < -0.4 is 10.5 Å². The third kappa shape index (κ3) is 3.71. The van der Waals surface area contributed by atoms with E-state index in [1.54, 1.807) is 24.4 Å². The van der Waals surface area contributed by atoms with E-state index in [-0.39, 0.29) is 25.8 Å². The molecular formula is C19H16FN3O4S. The van der Waals surface area contributed by atoms with Gasteiger partial charge in [-0.05, 0) is 24.3 Å². The summed E-state index contributed by atoms with van der Waals surface area (Å²) in [6.45, 7) is 4.03. The summed E-state index contributed by atoms with van der Waals surface area (Å²) in [7, 11) is 0. The molecule has 0 spiro atoms. The van der Waals surface area contributed by atoms with Crippen molar-refractivity contribution in [1.82, 2.24) is 14.8 Å². The van der Waals surface area contributed by atoms with Gasteiger partial charge in [0.05, 0.1) is 18.7 Å². The molecule has 1 aromatic carbocycles. The van der Waals surface area contributed by atoms with Crippen LogP contribution in [0.5, 0.6) is 5.75 Å². The van der Waals surface area contributed by atoms with Crippen LogP contribution in [0, 0.1) is 5.82 Å². The smallest absolute Gasteiger partial charge is 0.437 e. The number of hydrogen-bond acceptors (Lipinski definition) is 7. The molecule has 0 aliphatic carbocycles. The average Bonchev–Trinajstić information content (AvgIpc) is 3.06. The van der Waals surface area contributed by atoms with Crippen LogP contribution in [0.4, 0.5) is 4.39 Å². The van der Waals surface area contributed by atoms with Gasteiger partial charge in [-0.15, -0.1) is 23.4 Å². The van der Waals surface area contributed by atoms with Gasteiger partial charge in [-0.1, -0.05) is 6.08 Å². The Morgan fingerprint density at radius 2 is 2.29 bits per heavy atom. The minimum absolute atomic E-state index is 0.0117. The Morgan fingerprint density at radius 3 is 3.14 bits per heavy atom. The van der Waals surface area contributed by atoms with Crippen LogP contribution in [0.25, 0.3) is 11.5 Å². The molecule has 1 aliphatic rings. The molecule has 0 saturated carbocycles. The van der Waals surface area contributed by atoms with Crippen LogP contribution in [0.1, 0.15) is 11.1 Å². The van der Waals surface area contributed by atoms with Crippen molar-refractivity contribution < 1.29 is 18.3 Å². The maximum absolute atomic E-state index is 13.9. The minimum atomic E-state index is -0.649. The number of benzene rings is 1. The number of hydrogen-bond donors (Lipinski definition) is 0. The molecule has 2 aromatic heterocycles. The van der Waals surface area contributed by atoms with Crippen molar-refractivity contribution in [3.8, 4) is 17.2 Å². The van der Waals surface area contributed by atoms with Crippen LogP contribution in [-0.4, -0.2) is 27.3 Å². The molecule has 28 heavy (non-hydrogen) atoms. The SMILES string of the molecule is C=CCSc1ncccc1-c1nn(Cc2cc(F)cc3c2OCOC3)c(=O)o1. The second-order valence-corrected chi connectivity index (χ2v) is 6.96. The summed E-state index contributed by atoms with van der Waals surface area (Å²) in [4.78, 5) is 16.6. The molecule has 0 fully saturated rings. The number of aromatic nitrogens is 3. The molecule has 1 aliphatic heterocycles. The Bertz CT molecular complexity index is 1080. The molecule has 3 heterocycles. The lowest BCUT2D eigenvalue weighted by Gasteiger charge is -2.20. The van der Waals surface area contributed by atoms with E-state index in [2.05, 4.69) is 16.7 Å². The highest BCUT2D eigenvalue weighted by Gasteiger charge is 2.20. The summed E-state index contributed by atoms with van der Waals surface area (Å²) in [6, 6.07) is 6.19. The summed E-state index contributed by atoms with van der Waals surface area (Å²) >= 11 is 1.46. The van der Waals surface area contributed by atoms with E-state index in [0.717, 1.165) is 4.68 Å². The molecule has 0 saturated heterocycles. The second-order valence-electron chi connectivity index (χ2n) is 5.95. The fourth-order valence-corrected chi connectivity index (χ4v) is 3.58. The predicted molar refractivity (Wildman–Crippen MR) is 101 cm³/mol. The summed E-state index contributed by atoms with van der Waals surface area (Å²) in [5.74, 6) is 0.231. The second kappa shape index (κ2) is 7.99. The third-order valence-electron chi connectivity index (χ3n) is 4.02. The molecule has 7 nitrogen and oxygen atoms in total. The minimum Gasteiger partial charge on any atom is -0.467 e. The van der Waals surface area contributed by atoms with Gasteiger partial charge in [-0.25, -0.2) is 14.2 Å². The monoisotopic (exact) mass is 401 g/mol. The molecule has 0 amide bonds. The number of fused-ring (bicyclic) bond motifs is 1. The molecule has 144 valence electrons. The number of nitrogens with zero attached hydrogens (tertiary/aromatic N) is 3. The van der Waals surface area contributed by atoms with Crippen molar-refractivity contribution in [2.45, 2.75) is 18.2 Å². The highest BCUT2D eigenvalue weighted by molar-refractivity contribution is 7.99. The van der Waals surface area contributed by atoms with E-state index < -0.39 is 11.6 Å². The molecule has 9 heteroatoms. The third-order valence-corrected chi connectivity index (χ3v) is 5.02. The topological polar surface area (TPSA) is 79.4 Å². The van der Waals surface area contributed by atoms with E-state index in [0.29, 0.717) is 33.2 Å². The van der Waals surface area contributed by atoms with E-state index >= 15 is 0 Å². The van der Waals surface area contributed by atoms with Gasteiger partial charge in [0.2, 0.25) is 0 Å². The highest BCUT2D eigenvalue weighted by Crippen LogP contribution is 2.31. The molecule has 0 bridgehead atoms. The zero-order chi connectivity index (χ0) is 19.5. The zero-order valence-corrected chi connectivity index (χ0v) is 15.6. The van der Waals surface area contributed by atoms with Crippen LogP contribution >= 0.6 is 11.8 Å². The number of ether oxygens (including phenoxy) is 2. The van der Waals surface area contributed by atoms with Gasteiger partial charge < -0.3 is 13.9 Å². The summed E-state index contributed by atoms with van der Waals surface area (Å²) in [5.41, 5.74) is 1.69. The zero-order valence-electron chi connectivity index (χ0n) is 14.8. The Labute approximate surface area is 163 Å². The fourth-order valence-electron chi connectivity index (χ4n) is 2.86. The number of halogens is 1. The Balaban J connectivity index is 1.68. The Kier molecular flexibility index (Phi) is 5.27. The standard InChI is InChI=1S/C19H16FN3O4S/c1-2-6-28-18-15(4-3-5-21-18)17-22-23(19(24)27-17)9-12-7-14(20)8-13-10-25-11-26-16(12)13/h2-5,7-8H,1,6,9-11H2. The van der Waals surface area contributed by atoms with Crippen LogP contribution in [0.3, 0.4) is 0 Å². The first-order chi connectivity index (χ1) is 13.7. The maximum atomic E-state index is 13.9. The molecular weight excluding hydrogens is 385 g/mol. The molecule has 0 atom stereocenters. The van der Waals surface area contributed by atoms with Gasteiger partial charge in [0.1, 0.15) is 16.6 Å². The lowest BCUT2D eigenvalue weighted by Crippen LogP contribution is -2.19. The summed E-state index contributed by atoms with van der Waals surface area (Å²) in [5, 5.41) is 4.95. The average molecular weight is 401 g/mol. The number of pyridine rings is 1.